The van der Waals surface area contributed by atoms with Gasteiger partial charge in [-0.25, -0.2) is 9.97 Å². The largest absolute Gasteiger partial charge is 0.495 e. The number of methoxy groups -OCH3 is 1. The van der Waals surface area contributed by atoms with Gasteiger partial charge in [0.1, 0.15) is 11.6 Å². The molecule has 1 aromatic carbocycles. The van der Waals surface area contributed by atoms with Crippen molar-refractivity contribution in [1.29, 1.82) is 0 Å². The molecular weight excluding hydrogens is 286 g/mol. The van der Waals surface area contributed by atoms with E-state index in [0.29, 0.717) is 16.6 Å². The van der Waals surface area contributed by atoms with Crippen molar-refractivity contribution in [1.82, 2.24) is 9.97 Å². The Balaban J connectivity index is 2.52. The molecule has 0 atom stereocenters. The molecule has 4 nitrogen and oxygen atoms in total. The maximum Gasteiger partial charge on any atom is 0.161 e. The number of nitrogens with zero attached hydrogens (tertiary/aromatic N) is 2. The number of aryl methyl sites for hydroxylation is 1. The van der Waals surface area contributed by atoms with Crippen molar-refractivity contribution in [3.63, 3.8) is 0 Å². The molecule has 112 valence electrons. The van der Waals surface area contributed by atoms with Crippen LogP contribution in [0.4, 0.5) is 5.82 Å². The number of halogens is 1. The first-order valence-electron chi connectivity index (χ1n) is 7.06. The molecule has 21 heavy (non-hydrogen) atoms. The first-order valence-corrected chi connectivity index (χ1v) is 7.43. The Morgan fingerprint density at radius 2 is 2.00 bits per heavy atom. The van der Waals surface area contributed by atoms with Crippen LogP contribution in [0.15, 0.2) is 18.2 Å². The van der Waals surface area contributed by atoms with Crippen LogP contribution in [-0.4, -0.2) is 23.6 Å². The summed E-state index contributed by atoms with van der Waals surface area (Å²) in [5, 5.41) is 3.85. The highest BCUT2D eigenvalue weighted by atomic mass is 35.5. The second-order valence-corrected chi connectivity index (χ2v) is 5.11. The number of hydrogen-bond donors (Lipinski definition) is 1. The van der Waals surface area contributed by atoms with Crippen molar-refractivity contribution in [2.45, 2.75) is 27.2 Å². The van der Waals surface area contributed by atoms with Crippen molar-refractivity contribution in [3.05, 3.63) is 34.5 Å². The van der Waals surface area contributed by atoms with Crippen molar-refractivity contribution in [2.75, 3.05) is 19.0 Å². The van der Waals surface area contributed by atoms with E-state index in [4.69, 9.17) is 16.3 Å². The van der Waals surface area contributed by atoms with Gasteiger partial charge in [0.25, 0.3) is 0 Å². The molecule has 0 spiro atoms. The Morgan fingerprint density at radius 3 is 2.57 bits per heavy atom. The second kappa shape index (κ2) is 6.76. The zero-order chi connectivity index (χ0) is 15.4. The fourth-order valence-electron chi connectivity index (χ4n) is 2.18. The monoisotopic (exact) mass is 305 g/mol. The molecule has 0 amide bonds. The molecule has 0 fully saturated rings. The van der Waals surface area contributed by atoms with Crippen LogP contribution in [0, 0.1) is 6.92 Å². The SMILES string of the molecule is CCNc1nc(-c2ccc(OC)c(Cl)c2)nc(CC)c1C. The molecule has 0 aliphatic rings. The minimum atomic E-state index is 0.558. The van der Waals surface area contributed by atoms with Crippen LogP contribution in [0.25, 0.3) is 11.4 Å². The summed E-state index contributed by atoms with van der Waals surface area (Å²) in [7, 11) is 1.60. The molecule has 2 rings (SSSR count). The van der Waals surface area contributed by atoms with Crippen LogP contribution in [0.3, 0.4) is 0 Å². The van der Waals surface area contributed by atoms with Crippen molar-refractivity contribution in [2.24, 2.45) is 0 Å². The number of hydrogen-bond acceptors (Lipinski definition) is 4. The lowest BCUT2D eigenvalue weighted by Gasteiger charge is -2.13. The van der Waals surface area contributed by atoms with Gasteiger partial charge in [-0.05, 0) is 38.5 Å². The smallest absolute Gasteiger partial charge is 0.161 e. The van der Waals surface area contributed by atoms with E-state index in [1.165, 1.54) is 0 Å². The predicted octanol–water partition coefficient (Wildman–Crippen LogP) is 4.11. The topological polar surface area (TPSA) is 47.0 Å². The third kappa shape index (κ3) is 3.27. The van der Waals surface area contributed by atoms with Crippen LogP contribution in [0.1, 0.15) is 25.1 Å². The molecule has 1 aromatic heterocycles. The van der Waals surface area contributed by atoms with E-state index in [1.807, 2.05) is 25.1 Å². The van der Waals surface area contributed by atoms with Gasteiger partial charge >= 0.3 is 0 Å². The van der Waals surface area contributed by atoms with E-state index in [0.717, 1.165) is 35.6 Å². The molecule has 0 aliphatic carbocycles. The fourth-order valence-corrected chi connectivity index (χ4v) is 2.44. The van der Waals surface area contributed by atoms with Crippen molar-refractivity contribution >= 4 is 17.4 Å². The number of anilines is 1. The first-order chi connectivity index (χ1) is 10.1. The normalized spacial score (nSPS) is 10.5. The Bertz CT molecular complexity index is 644. The molecule has 0 bridgehead atoms. The number of aromatic nitrogens is 2. The predicted molar refractivity (Wildman–Crippen MR) is 87.3 cm³/mol. The lowest BCUT2D eigenvalue weighted by molar-refractivity contribution is 0.415. The Labute approximate surface area is 130 Å². The number of benzene rings is 1. The van der Waals surface area contributed by atoms with Gasteiger partial charge in [0, 0.05) is 23.4 Å². The Hall–Kier alpha value is -1.81. The highest BCUT2D eigenvalue weighted by molar-refractivity contribution is 6.32. The lowest BCUT2D eigenvalue weighted by atomic mass is 10.1. The molecule has 1 N–H and O–H groups in total. The van der Waals surface area contributed by atoms with Crippen LogP contribution < -0.4 is 10.1 Å². The van der Waals surface area contributed by atoms with Gasteiger partial charge in [-0.1, -0.05) is 18.5 Å². The Kier molecular flexibility index (Phi) is 5.02. The summed E-state index contributed by atoms with van der Waals surface area (Å²) in [6, 6.07) is 5.59. The van der Waals surface area contributed by atoms with Gasteiger partial charge in [0.05, 0.1) is 12.1 Å². The molecule has 0 aliphatic heterocycles. The van der Waals surface area contributed by atoms with Crippen LogP contribution in [0.5, 0.6) is 5.75 Å². The van der Waals surface area contributed by atoms with E-state index in [9.17, 15) is 0 Å². The summed E-state index contributed by atoms with van der Waals surface area (Å²) >= 11 is 6.19. The van der Waals surface area contributed by atoms with Crippen LogP contribution in [0.2, 0.25) is 5.02 Å². The minimum Gasteiger partial charge on any atom is -0.495 e. The molecule has 1 heterocycles. The van der Waals surface area contributed by atoms with E-state index < -0.39 is 0 Å². The van der Waals surface area contributed by atoms with E-state index in [2.05, 4.69) is 29.1 Å². The maximum absolute atomic E-state index is 6.19. The van der Waals surface area contributed by atoms with Crippen LogP contribution >= 0.6 is 11.6 Å². The Morgan fingerprint density at radius 1 is 1.24 bits per heavy atom. The van der Waals surface area contributed by atoms with Gasteiger partial charge in [0.2, 0.25) is 0 Å². The van der Waals surface area contributed by atoms with Crippen LogP contribution in [-0.2, 0) is 6.42 Å². The molecule has 0 saturated heterocycles. The molecule has 5 heteroatoms. The van der Waals surface area contributed by atoms with Crippen molar-refractivity contribution in [3.8, 4) is 17.1 Å². The summed E-state index contributed by atoms with van der Waals surface area (Å²) in [6.07, 6.45) is 0.865. The van der Waals surface area contributed by atoms with Gasteiger partial charge in [-0.2, -0.15) is 0 Å². The zero-order valence-corrected chi connectivity index (χ0v) is 13.6. The highest BCUT2D eigenvalue weighted by Gasteiger charge is 2.12. The number of ether oxygens (including phenoxy) is 1. The fraction of sp³-hybridized carbons (Fsp3) is 0.375. The molecular formula is C16H20ClN3O. The molecule has 0 saturated carbocycles. The third-order valence-corrected chi connectivity index (χ3v) is 3.63. The summed E-state index contributed by atoms with van der Waals surface area (Å²) in [5.41, 5.74) is 3.03. The summed E-state index contributed by atoms with van der Waals surface area (Å²) < 4.78 is 5.18. The van der Waals surface area contributed by atoms with Crippen molar-refractivity contribution < 1.29 is 4.74 Å². The molecule has 2 aromatic rings. The van der Waals surface area contributed by atoms with Gasteiger partial charge in [-0.3, -0.25) is 0 Å². The number of nitrogens with one attached hydrogen (secondary N) is 1. The quantitative estimate of drug-likeness (QED) is 0.903. The zero-order valence-electron chi connectivity index (χ0n) is 12.8. The average molecular weight is 306 g/mol. The minimum absolute atomic E-state index is 0.558. The van der Waals surface area contributed by atoms with E-state index >= 15 is 0 Å². The van der Waals surface area contributed by atoms with E-state index in [-0.39, 0.29) is 0 Å². The molecule has 0 unspecified atom stereocenters. The van der Waals surface area contributed by atoms with Gasteiger partial charge in [-0.15, -0.1) is 0 Å². The summed E-state index contributed by atoms with van der Waals surface area (Å²) in [5.74, 6) is 2.21. The third-order valence-electron chi connectivity index (χ3n) is 3.34. The van der Waals surface area contributed by atoms with E-state index in [1.54, 1.807) is 7.11 Å². The maximum atomic E-state index is 6.19. The standard InChI is InChI=1S/C16H20ClN3O/c1-5-13-10(3)15(18-6-2)20-16(19-13)11-7-8-14(21-4)12(17)9-11/h7-9H,5-6H2,1-4H3,(H,18,19,20). The van der Waals surface area contributed by atoms with Gasteiger partial charge < -0.3 is 10.1 Å². The number of rotatable bonds is 5. The second-order valence-electron chi connectivity index (χ2n) is 4.70. The average Bonchev–Trinajstić information content (AvgIpc) is 2.49. The van der Waals surface area contributed by atoms with Gasteiger partial charge in [0.15, 0.2) is 5.82 Å². The lowest BCUT2D eigenvalue weighted by Crippen LogP contribution is -2.07. The highest BCUT2D eigenvalue weighted by Crippen LogP contribution is 2.30. The summed E-state index contributed by atoms with van der Waals surface area (Å²) in [4.78, 5) is 9.27. The first kappa shape index (κ1) is 15.6. The summed E-state index contributed by atoms with van der Waals surface area (Å²) in [6.45, 7) is 7.01. The molecule has 0 radical (unpaired) electrons.